The topological polar surface area (TPSA) is 54.9 Å². The number of fused-ring (bicyclic) bond motifs is 2. The van der Waals surface area contributed by atoms with E-state index in [1.165, 1.54) is 21.5 Å². The van der Waals surface area contributed by atoms with Crippen LogP contribution in [0.15, 0.2) is 65.8 Å². The van der Waals surface area contributed by atoms with Crippen molar-refractivity contribution in [1.82, 2.24) is 8.96 Å². The predicted octanol–water partition coefficient (Wildman–Crippen LogP) is 5.70. The largest absolute Gasteiger partial charge is 0.361 e. The van der Waals surface area contributed by atoms with Crippen molar-refractivity contribution in [3.05, 3.63) is 77.6 Å². The van der Waals surface area contributed by atoms with Crippen LogP contribution in [0.4, 0.5) is 0 Å². The standard InChI is InChI=1S/C25H26N2O2S/c1-2-5-18-14-25(22-9-11-24-21(15-22)12-13-26-24)27(17-18)30(28,29)23-10-8-19-6-3-4-7-20(19)16-23/h8-17,26H,2-7H2,1H3. The molecule has 0 radical (unpaired) electrons. The van der Waals surface area contributed by atoms with E-state index in [-0.39, 0.29) is 0 Å². The van der Waals surface area contributed by atoms with Crippen molar-refractivity contribution in [1.29, 1.82) is 0 Å². The van der Waals surface area contributed by atoms with Crippen molar-refractivity contribution in [2.75, 3.05) is 0 Å². The molecule has 0 saturated carbocycles. The number of hydrogen-bond acceptors (Lipinski definition) is 2. The molecule has 4 aromatic rings. The Hall–Kier alpha value is -2.79. The molecule has 0 fully saturated rings. The first kappa shape index (κ1) is 19.2. The molecule has 0 atom stereocenters. The lowest BCUT2D eigenvalue weighted by Gasteiger charge is -2.17. The summed E-state index contributed by atoms with van der Waals surface area (Å²) >= 11 is 0. The molecule has 2 aromatic heterocycles. The number of benzene rings is 2. The van der Waals surface area contributed by atoms with Gasteiger partial charge in [-0.3, -0.25) is 0 Å². The van der Waals surface area contributed by atoms with E-state index in [1.807, 2.05) is 42.6 Å². The number of hydrogen-bond donors (Lipinski definition) is 1. The van der Waals surface area contributed by atoms with Gasteiger partial charge in [0.1, 0.15) is 0 Å². The van der Waals surface area contributed by atoms with Gasteiger partial charge in [0.2, 0.25) is 0 Å². The molecule has 1 N–H and O–H groups in total. The minimum Gasteiger partial charge on any atom is -0.361 e. The molecule has 2 aromatic carbocycles. The first-order chi connectivity index (χ1) is 14.6. The molecule has 5 rings (SSSR count). The summed E-state index contributed by atoms with van der Waals surface area (Å²) in [6.07, 6.45) is 9.84. The van der Waals surface area contributed by atoms with Crippen LogP contribution in [0.2, 0.25) is 0 Å². The molecule has 5 heteroatoms. The fourth-order valence-corrected chi connectivity index (χ4v) is 5.98. The first-order valence-corrected chi connectivity index (χ1v) is 12.2. The Labute approximate surface area is 177 Å². The lowest BCUT2D eigenvalue weighted by atomic mass is 9.92. The lowest BCUT2D eigenvalue weighted by Crippen LogP contribution is -2.14. The van der Waals surface area contributed by atoms with E-state index >= 15 is 0 Å². The average molecular weight is 419 g/mol. The normalized spacial score (nSPS) is 14.2. The SMILES string of the molecule is CCCc1cc(-c2ccc3[nH]ccc3c2)n(S(=O)(=O)c2ccc3c(c2)CCCC3)c1. The van der Waals surface area contributed by atoms with E-state index in [2.05, 4.69) is 18.0 Å². The minimum atomic E-state index is -3.68. The minimum absolute atomic E-state index is 0.380. The van der Waals surface area contributed by atoms with Gasteiger partial charge in [-0.05, 0) is 90.8 Å². The zero-order valence-corrected chi connectivity index (χ0v) is 18.0. The zero-order chi connectivity index (χ0) is 20.7. The van der Waals surface area contributed by atoms with Crippen LogP contribution in [-0.2, 0) is 29.3 Å². The maximum Gasteiger partial charge on any atom is 0.268 e. The van der Waals surface area contributed by atoms with Crippen LogP contribution in [0.3, 0.4) is 0 Å². The van der Waals surface area contributed by atoms with Gasteiger partial charge >= 0.3 is 0 Å². The molecule has 4 nitrogen and oxygen atoms in total. The number of aromatic nitrogens is 2. The van der Waals surface area contributed by atoms with Gasteiger partial charge in [0.05, 0.1) is 10.6 Å². The molecule has 0 aliphatic heterocycles. The summed E-state index contributed by atoms with van der Waals surface area (Å²) in [6, 6.07) is 15.7. The van der Waals surface area contributed by atoms with Crippen LogP contribution < -0.4 is 0 Å². The van der Waals surface area contributed by atoms with Crippen LogP contribution in [-0.4, -0.2) is 17.4 Å². The molecular weight excluding hydrogens is 392 g/mol. The van der Waals surface area contributed by atoms with Gasteiger partial charge < -0.3 is 4.98 Å². The van der Waals surface area contributed by atoms with E-state index in [0.29, 0.717) is 4.90 Å². The fraction of sp³-hybridized carbons (Fsp3) is 0.280. The number of nitrogens with zero attached hydrogens (tertiary/aromatic N) is 1. The van der Waals surface area contributed by atoms with Crippen molar-refractivity contribution in [3.63, 3.8) is 0 Å². The molecular formula is C25H26N2O2S. The molecule has 154 valence electrons. The van der Waals surface area contributed by atoms with Crippen LogP contribution >= 0.6 is 0 Å². The maximum atomic E-state index is 13.7. The summed E-state index contributed by atoms with van der Waals surface area (Å²) < 4.78 is 28.9. The van der Waals surface area contributed by atoms with E-state index in [1.54, 1.807) is 12.3 Å². The van der Waals surface area contributed by atoms with E-state index in [0.717, 1.165) is 59.8 Å². The number of H-pyrrole nitrogens is 1. The van der Waals surface area contributed by atoms with Gasteiger partial charge in [0.25, 0.3) is 10.0 Å². The zero-order valence-electron chi connectivity index (χ0n) is 17.2. The third-order valence-electron chi connectivity index (χ3n) is 6.11. The van der Waals surface area contributed by atoms with Crippen LogP contribution in [0.1, 0.15) is 42.9 Å². The third kappa shape index (κ3) is 3.27. The molecule has 0 amide bonds. The van der Waals surface area contributed by atoms with Crippen molar-refractivity contribution < 1.29 is 8.42 Å². The predicted molar refractivity (Wildman–Crippen MR) is 121 cm³/mol. The molecule has 0 spiro atoms. The molecule has 0 bridgehead atoms. The Morgan fingerprint density at radius 1 is 0.967 bits per heavy atom. The lowest BCUT2D eigenvalue weighted by molar-refractivity contribution is 0.587. The molecule has 0 unspecified atom stereocenters. The summed E-state index contributed by atoms with van der Waals surface area (Å²) in [5.74, 6) is 0. The van der Waals surface area contributed by atoms with Gasteiger partial charge in [-0.1, -0.05) is 25.5 Å². The number of nitrogens with one attached hydrogen (secondary N) is 1. The average Bonchev–Trinajstić information content (AvgIpc) is 3.40. The van der Waals surface area contributed by atoms with E-state index in [9.17, 15) is 8.42 Å². The smallest absolute Gasteiger partial charge is 0.268 e. The molecule has 1 aliphatic rings. The van der Waals surface area contributed by atoms with Gasteiger partial charge in [-0.2, -0.15) is 0 Å². The van der Waals surface area contributed by atoms with Gasteiger partial charge in [0, 0.05) is 23.3 Å². The second-order valence-corrected chi connectivity index (χ2v) is 10.0. The number of aryl methyl sites for hydroxylation is 3. The number of rotatable bonds is 5. The highest BCUT2D eigenvalue weighted by Crippen LogP contribution is 2.31. The van der Waals surface area contributed by atoms with Crippen molar-refractivity contribution >= 4 is 20.9 Å². The highest BCUT2D eigenvalue weighted by molar-refractivity contribution is 7.90. The van der Waals surface area contributed by atoms with E-state index in [4.69, 9.17) is 0 Å². The van der Waals surface area contributed by atoms with Crippen molar-refractivity contribution in [2.45, 2.75) is 50.3 Å². The Morgan fingerprint density at radius 2 is 1.80 bits per heavy atom. The Kier molecular flexibility index (Phi) is 4.78. The third-order valence-corrected chi connectivity index (χ3v) is 7.78. The van der Waals surface area contributed by atoms with Gasteiger partial charge in [0.15, 0.2) is 0 Å². The Bertz CT molecular complexity index is 1330. The summed E-state index contributed by atoms with van der Waals surface area (Å²) in [5, 5.41) is 1.07. The van der Waals surface area contributed by atoms with Crippen LogP contribution in [0.25, 0.3) is 22.2 Å². The van der Waals surface area contributed by atoms with E-state index < -0.39 is 10.0 Å². The van der Waals surface area contributed by atoms with Gasteiger partial charge in [-0.15, -0.1) is 0 Å². The second kappa shape index (κ2) is 7.47. The highest BCUT2D eigenvalue weighted by Gasteiger charge is 2.23. The monoisotopic (exact) mass is 418 g/mol. The Morgan fingerprint density at radius 3 is 2.63 bits per heavy atom. The summed E-state index contributed by atoms with van der Waals surface area (Å²) in [7, 11) is -3.68. The molecule has 1 aliphatic carbocycles. The van der Waals surface area contributed by atoms with Crippen LogP contribution in [0, 0.1) is 0 Å². The van der Waals surface area contributed by atoms with Crippen molar-refractivity contribution in [3.8, 4) is 11.3 Å². The first-order valence-electron chi connectivity index (χ1n) is 10.7. The maximum absolute atomic E-state index is 13.7. The van der Waals surface area contributed by atoms with Gasteiger partial charge in [-0.25, -0.2) is 12.4 Å². The number of aromatic amines is 1. The summed E-state index contributed by atoms with van der Waals surface area (Å²) in [4.78, 5) is 3.58. The molecule has 30 heavy (non-hydrogen) atoms. The van der Waals surface area contributed by atoms with Crippen LogP contribution in [0.5, 0.6) is 0 Å². The fourth-order valence-electron chi connectivity index (χ4n) is 4.53. The molecule has 0 saturated heterocycles. The quantitative estimate of drug-likeness (QED) is 0.452. The highest BCUT2D eigenvalue weighted by atomic mass is 32.2. The molecule has 2 heterocycles. The second-order valence-electron chi connectivity index (χ2n) is 8.20. The summed E-state index contributed by atoms with van der Waals surface area (Å²) in [6.45, 7) is 2.11. The van der Waals surface area contributed by atoms with Crippen molar-refractivity contribution in [2.24, 2.45) is 0 Å². The Balaban J connectivity index is 1.65. The summed E-state index contributed by atoms with van der Waals surface area (Å²) in [5.41, 5.74) is 6.19.